The summed E-state index contributed by atoms with van der Waals surface area (Å²) in [5.74, 6) is -2.86. The molecule has 0 amide bonds. The number of carbonyl (C=O) groups is 1. The van der Waals surface area contributed by atoms with Crippen molar-refractivity contribution in [1.29, 1.82) is 0 Å². The van der Waals surface area contributed by atoms with Crippen molar-refractivity contribution in [3.05, 3.63) is 23.5 Å². The molecule has 0 radical (unpaired) electrons. The zero-order valence-electron chi connectivity index (χ0n) is 14.5. The number of hydrogen-bond acceptors (Lipinski definition) is 7. The predicted octanol–water partition coefficient (Wildman–Crippen LogP) is 1.37. The number of carbonyl (C=O) groups excluding carboxylic acids is 1. The Labute approximate surface area is 163 Å². The third-order valence-corrected chi connectivity index (χ3v) is 5.31. The van der Waals surface area contributed by atoms with Crippen molar-refractivity contribution in [1.82, 2.24) is 4.90 Å². The number of nitrogens with one attached hydrogen (secondary N) is 1. The van der Waals surface area contributed by atoms with E-state index in [1.165, 1.54) is 6.92 Å². The first kappa shape index (κ1) is 21.8. The molecule has 0 saturated heterocycles. The summed E-state index contributed by atoms with van der Waals surface area (Å²) < 4.78 is 79.8. The maximum absolute atomic E-state index is 14.6. The lowest BCUT2D eigenvalue weighted by Gasteiger charge is -2.25. The van der Waals surface area contributed by atoms with Crippen LogP contribution >= 0.6 is 12.2 Å². The van der Waals surface area contributed by atoms with Crippen molar-refractivity contribution in [3.63, 3.8) is 0 Å². The van der Waals surface area contributed by atoms with Gasteiger partial charge in [0, 0.05) is 12.6 Å². The quantitative estimate of drug-likeness (QED) is 0.390. The van der Waals surface area contributed by atoms with E-state index >= 15 is 0 Å². The molecule has 154 valence electrons. The number of nitrogens with two attached hydrogens (primary N) is 1. The lowest BCUT2D eigenvalue weighted by atomic mass is 10.1. The molecule has 2 rings (SSSR count). The summed E-state index contributed by atoms with van der Waals surface area (Å²) >= 11 is 4.77. The van der Waals surface area contributed by atoms with Gasteiger partial charge in [0.25, 0.3) is 0 Å². The second-order valence-electron chi connectivity index (χ2n) is 5.65. The second-order valence-corrected chi connectivity index (χ2v) is 8.10. The van der Waals surface area contributed by atoms with E-state index in [2.05, 4.69) is 9.82 Å². The molecule has 1 aromatic carbocycles. The summed E-state index contributed by atoms with van der Waals surface area (Å²) in [6, 6.07) is 1.64. The SMILES string of the molecule is CCS(=O)(=O)Nc1cc(N2N=C(C(F)(F)F)N(C)C2C=O)c(F)cc1C(N)=S. The Kier molecular flexibility index (Phi) is 5.85. The summed E-state index contributed by atoms with van der Waals surface area (Å²) in [5, 5.41) is 3.79. The molecule has 0 fully saturated rings. The molecule has 8 nitrogen and oxygen atoms in total. The summed E-state index contributed by atoms with van der Waals surface area (Å²) in [4.78, 5) is 11.5. The monoisotopic (exact) mass is 441 g/mol. The number of alkyl halides is 3. The molecule has 1 atom stereocenters. The first-order valence-corrected chi connectivity index (χ1v) is 9.65. The zero-order chi connectivity index (χ0) is 21.4. The molecule has 0 bridgehead atoms. The van der Waals surface area contributed by atoms with Gasteiger partial charge in [-0.1, -0.05) is 12.2 Å². The highest BCUT2D eigenvalue weighted by molar-refractivity contribution is 7.92. The van der Waals surface area contributed by atoms with E-state index in [4.69, 9.17) is 18.0 Å². The number of rotatable bonds is 6. The fourth-order valence-corrected chi connectivity index (χ4v) is 3.21. The van der Waals surface area contributed by atoms with Crippen LogP contribution in [0.15, 0.2) is 17.2 Å². The van der Waals surface area contributed by atoms with Crippen molar-refractivity contribution >= 4 is 50.7 Å². The molecular weight excluding hydrogens is 426 g/mol. The van der Waals surface area contributed by atoms with Crippen molar-refractivity contribution in [2.24, 2.45) is 10.8 Å². The van der Waals surface area contributed by atoms with Gasteiger partial charge >= 0.3 is 6.18 Å². The topological polar surface area (TPSA) is 108 Å². The van der Waals surface area contributed by atoms with E-state index in [0.29, 0.717) is 9.91 Å². The van der Waals surface area contributed by atoms with Crippen LogP contribution in [0, 0.1) is 5.82 Å². The Morgan fingerprint density at radius 1 is 1.43 bits per heavy atom. The van der Waals surface area contributed by atoms with Crippen LogP contribution in [0.3, 0.4) is 0 Å². The van der Waals surface area contributed by atoms with Gasteiger partial charge < -0.3 is 10.6 Å². The standard InChI is InChI=1S/C14H15F4N5O3S2/c1-3-28(25,26)21-9-5-10(8(15)4-7(9)12(19)27)23-11(6-24)22(2)13(20-23)14(16,17)18/h4-6,11,21H,3H2,1-2H3,(H2,19,27). The Morgan fingerprint density at radius 2 is 2.04 bits per heavy atom. The highest BCUT2D eigenvalue weighted by atomic mass is 32.2. The molecule has 0 spiro atoms. The number of thiocarbonyl (C=S) groups is 1. The zero-order valence-corrected chi connectivity index (χ0v) is 16.1. The molecule has 1 aliphatic heterocycles. The van der Waals surface area contributed by atoms with Crippen LogP contribution in [0.5, 0.6) is 0 Å². The van der Waals surface area contributed by atoms with Crippen LogP contribution in [0.4, 0.5) is 28.9 Å². The molecule has 1 aromatic rings. The normalized spacial score (nSPS) is 17.5. The van der Waals surface area contributed by atoms with Crippen LogP contribution in [0.25, 0.3) is 0 Å². The highest BCUT2D eigenvalue weighted by Gasteiger charge is 2.47. The summed E-state index contributed by atoms with van der Waals surface area (Å²) in [5.41, 5.74) is 4.47. The molecule has 0 aromatic heterocycles. The second kappa shape index (κ2) is 7.50. The van der Waals surface area contributed by atoms with Crippen LogP contribution < -0.4 is 15.5 Å². The third kappa shape index (κ3) is 4.16. The maximum atomic E-state index is 14.6. The lowest BCUT2D eigenvalue weighted by molar-refractivity contribution is -0.111. The minimum atomic E-state index is -4.90. The average molecular weight is 441 g/mol. The molecule has 14 heteroatoms. The van der Waals surface area contributed by atoms with Crippen molar-refractivity contribution in [2.75, 3.05) is 22.5 Å². The van der Waals surface area contributed by atoms with Gasteiger partial charge in [-0.25, -0.2) is 17.8 Å². The van der Waals surface area contributed by atoms with Gasteiger partial charge in [-0.15, -0.1) is 5.10 Å². The van der Waals surface area contributed by atoms with Gasteiger partial charge in [-0.3, -0.25) is 9.52 Å². The number of benzene rings is 1. The van der Waals surface area contributed by atoms with Gasteiger partial charge in [0.15, 0.2) is 12.5 Å². The number of aldehydes is 1. The molecule has 0 saturated carbocycles. The number of nitrogens with zero attached hydrogens (tertiary/aromatic N) is 3. The largest absolute Gasteiger partial charge is 0.451 e. The van der Waals surface area contributed by atoms with Crippen molar-refractivity contribution in [3.8, 4) is 0 Å². The number of hydrogen-bond donors (Lipinski definition) is 2. The molecular formula is C14H15F4N5O3S2. The average Bonchev–Trinajstić information content (AvgIpc) is 2.92. The van der Waals surface area contributed by atoms with Crippen LogP contribution in [-0.4, -0.2) is 55.6 Å². The minimum Gasteiger partial charge on any atom is -0.389 e. The van der Waals surface area contributed by atoms with Crippen LogP contribution in [-0.2, 0) is 14.8 Å². The van der Waals surface area contributed by atoms with Crippen molar-refractivity contribution < 1.29 is 30.8 Å². The van der Waals surface area contributed by atoms with Crippen LogP contribution in [0.1, 0.15) is 12.5 Å². The van der Waals surface area contributed by atoms with Crippen LogP contribution in [0.2, 0.25) is 0 Å². The van der Waals surface area contributed by atoms with E-state index in [9.17, 15) is 30.8 Å². The third-order valence-electron chi connectivity index (χ3n) is 3.80. The molecule has 28 heavy (non-hydrogen) atoms. The minimum absolute atomic E-state index is 0.138. The Hall–Kier alpha value is -2.48. The number of amidine groups is 1. The number of likely N-dealkylation sites (N-methyl/N-ethyl adjacent to an activating group) is 1. The smallest absolute Gasteiger partial charge is 0.389 e. The van der Waals surface area contributed by atoms with Gasteiger partial charge in [-0.05, 0) is 19.1 Å². The Balaban J connectivity index is 2.66. The number of hydrazone groups is 1. The molecule has 1 heterocycles. The maximum Gasteiger partial charge on any atom is 0.451 e. The molecule has 3 N–H and O–H groups in total. The molecule has 1 aliphatic rings. The Morgan fingerprint density at radius 3 is 2.50 bits per heavy atom. The highest BCUT2D eigenvalue weighted by Crippen LogP contribution is 2.34. The lowest BCUT2D eigenvalue weighted by Crippen LogP contribution is -2.44. The van der Waals surface area contributed by atoms with E-state index in [1.54, 1.807) is 0 Å². The Bertz CT molecular complexity index is 949. The molecule has 0 aliphatic carbocycles. The van der Waals surface area contributed by atoms with Crippen molar-refractivity contribution in [2.45, 2.75) is 19.3 Å². The number of anilines is 2. The van der Waals surface area contributed by atoms with Gasteiger partial charge in [0.1, 0.15) is 16.5 Å². The van der Waals surface area contributed by atoms with Gasteiger partial charge in [0.05, 0.1) is 11.4 Å². The fourth-order valence-electron chi connectivity index (χ4n) is 2.39. The summed E-state index contributed by atoms with van der Waals surface area (Å²) in [7, 11) is -2.88. The number of halogens is 4. The van der Waals surface area contributed by atoms with E-state index in [1.807, 2.05) is 0 Å². The van der Waals surface area contributed by atoms with E-state index in [0.717, 1.165) is 19.2 Å². The summed E-state index contributed by atoms with van der Waals surface area (Å²) in [6.45, 7) is 1.34. The first-order valence-electron chi connectivity index (χ1n) is 7.59. The molecule has 1 unspecified atom stereocenters. The predicted molar refractivity (Wildman–Crippen MR) is 99.0 cm³/mol. The van der Waals surface area contributed by atoms with E-state index in [-0.39, 0.29) is 28.3 Å². The number of sulfonamides is 1. The summed E-state index contributed by atoms with van der Waals surface area (Å²) in [6.07, 6.45) is -6.36. The van der Waals surface area contributed by atoms with E-state index < -0.39 is 39.7 Å². The fraction of sp³-hybridized carbons (Fsp3) is 0.357. The van der Waals surface area contributed by atoms with Gasteiger partial charge in [0.2, 0.25) is 15.9 Å². The van der Waals surface area contributed by atoms with Gasteiger partial charge in [-0.2, -0.15) is 13.2 Å². The first-order chi connectivity index (χ1) is 12.8.